The zero-order valence-electron chi connectivity index (χ0n) is 15.2. The minimum Gasteiger partial charge on any atom is -0.335 e. The zero-order chi connectivity index (χ0) is 18.7. The molecular formula is C22H22FN3O. The van der Waals surface area contributed by atoms with Crippen LogP contribution in [0.1, 0.15) is 17.5 Å². The fraction of sp³-hybridized carbons (Fsp3) is 0.227. The predicted molar refractivity (Wildman–Crippen MR) is 103 cm³/mol. The van der Waals surface area contributed by atoms with Crippen molar-refractivity contribution in [1.29, 1.82) is 0 Å². The number of aromatic nitrogens is 2. The van der Waals surface area contributed by atoms with E-state index in [0.717, 1.165) is 17.5 Å². The molecule has 1 aromatic heterocycles. The summed E-state index contributed by atoms with van der Waals surface area (Å²) in [7, 11) is 1.94. The lowest BCUT2D eigenvalue weighted by atomic mass is 9.85. The number of likely N-dealkylation sites (N-methyl/N-ethyl adjacent to an activating group) is 1. The van der Waals surface area contributed by atoms with Crippen LogP contribution >= 0.6 is 0 Å². The van der Waals surface area contributed by atoms with Crippen LogP contribution in [0.2, 0.25) is 0 Å². The fourth-order valence-corrected chi connectivity index (χ4v) is 3.69. The molecule has 5 heteroatoms. The topological polar surface area (TPSA) is 30.3 Å². The molecule has 1 aliphatic rings. The molecule has 0 radical (unpaired) electrons. The van der Waals surface area contributed by atoms with Gasteiger partial charge in [0.15, 0.2) is 0 Å². The maximum Gasteiger partial charge on any atom is 0.123 e. The summed E-state index contributed by atoms with van der Waals surface area (Å²) in [5.74, 6) is -0.237. The van der Waals surface area contributed by atoms with E-state index >= 15 is 0 Å². The van der Waals surface area contributed by atoms with Gasteiger partial charge in [0.05, 0.1) is 18.0 Å². The van der Waals surface area contributed by atoms with Crippen molar-refractivity contribution in [2.75, 3.05) is 7.05 Å². The Morgan fingerprint density at radius 2 is 1.96 bits per heavy atom. The number of benzene rings is 2. The summed E-state index contributed by atoms with van der Waals surface area (Å²) in [4.78, 5) is 10.3. The molecule has 2 unspecified atom stereocenters. The number of halogens is 1. The lowest BCUT2D eigenvalue weighted by Gasteiger charge is -2.34. The molecule has 27 heavy (non-hydrogen) atoms. The number of imidazole rings is 1. The smallest absolute Gasteiger partial charge is 0.123 e. The molecule has 3 aromatic rings. The Labute approximate surface area is 158 Å². The SMILES string of the molecule is CN1OC(C=Cc2ccccc2)CC1(Cn1ccnc1)c1ccc(F)cc1. The van der Waals surface area contributed by atoms with Gasteiger partial charge in [0, 0.05) is 32.4 Å². The van der Waals surface area contributed by atoms with Gasteiger partial charge in [-0.25, -0.2) is 9.37 Å². The summed E-state index contributed by atoms with van der Waals surface area (Å²) < 4.78 is 15.5. The second-order valence-corrected chi connectivity index (χ2v) is 6.89. The van der Waals surface area contributed by atoms with Crippen LogP contribution in [0.25, 0.3) is 6.08 Å². The molecule has 138 valence electrons. The normalized spacial score (nSPS) is 23.3. The molecule has 2 atom stereocenters. The van der Waals surface area contributed by atoms with Crippen molar-refractivity contribution in [2.24, 2.45) is 0 Å². The van der Waals surface area contributed by atoms with Gasteiger partial charge in [-0.2, -0.15) is 5.06 Å². The van der Waals surface area contributed by atoms with Crippen molar-refractivity contribution in [3.05, 3.63) is 96.3 Å². The van der Waals surface area contributed by atoms with Gasteiger partial charge in [0.2, 0.25) is 0 Å². The Kier molecular flexibility index (Phi) is 4.88. The maximum atomic E-state index is 13.5. The Balaban J connectivity index is 1.64. The van der Waals surface area contributed by atoms with Crippen molar-refractivity contribution in [3.8, 4) is 0 Å². The van der Waals surface area contributed by atoms with Crippen LogP contribution < -0.4 is 0 Å². The van der Waals surface area contributed by atoms with Crippen molar-refractivity contribution in [2.45, 2.75) is 24.6 Å². The van der Waals surface area contributed by atoms with E-state index in [2.05, 4.69) is 29.3 Å². The average Bonchev–Trinajstić information content (AvgIpc) is 3.30. The van der Waals surface area contributed by atoms with Crippen LogP contribution in [0.5, 0.6) is 0 Å². The first-order valence-corrected chi connectivity index (χ1v) is 9.01. The Bertz CT molecular complexity index is 893. The molecule has 0 bridgehead atoms. The zero-order valence-corrected chi connectivity index (χ0v) is 15.2. The van der Waals surface area contributed by atoms with Gasteiger partial charge in [-0.3, -0.25) is 4.84 Å². The summed E-state index contributed by atoms with van der Waals surface area (Å²) in [5.41, 5.74) is 1.76. The first-order valence-electron chi connectivity index (χ1n) is 9.01. The molecule has 4 nitrogen and oxygen atoms in total. The third-order valence-electron chi connectivity index (χ3n) is 5.12. The number of rotatable bonds is 5. The van der Waals surface area contributed by atoms with Gasteiger partial charge >= 0.3 is 0 Å². The Morgan fingerprint density at radius 3 is 2.67 bits per heavy atom. The molecule has 0 aliphatic carbocycles. The van der Waals surface area contributed by atoms with Crippen LogP contribution in [0.15, 0.2) is 79.4 Å². The molecule has 2 heterocycles. The molecule has 0 spiro atoms. The van der Waals surface area contributed by atoms with E-state index in [0.29, 0.717) is 6.54 Å². The van der Waals surface area contributed by atoms with E-state index < -0.39 is 5.54 Å². The highest BCUT2D eigenvalue weighted by atomic mass is 19.1. The van der Waals surface area contributed by atoms with Gasteiger partial charge < -0.3 is 4.57 Å². The summed E-state index contributed by atoms with van der Waals surface area (Å²) >= 11 is 0. The first kappa shape index (κ1) is 17.6. The monoisotopic (exact) mass is 363 g/mol. The largest absolute Gasteiger partial charge is 0.335 e. The van der Waals surface area contributed by atoms with Crippen molar-refractivity contribution < 1.29 is 9.23 Å². The quantitative estimate of drug-likeness (QED) is 0.678. The van der Waals surface area contributed by atoms with Crippen molar-refractivity contribution >= 4 is 6.08 Å². The fourth-order valence-electron chi connectivity index (χ4n) is 3.69. The number of hydrogen-bond donors (Lipinski definition) is 0. The lowest BCUT2D eigenvalue weighted by molar-refractivity contribution is -0.165. The van der Waals surface area contributed by atoms with Gasteiger partial charge in [-0.1, -0.05) is 54.6 Å². The number of hydrogen-bond acceptors (Lipinski definition) is 3. The minimum absolute atomic E-state index is 0.0659. The number of nitrogens with zero attached hydrogens (tertiary/aromatic N) is 3. The van der Waals surface area contributed by atoms with E-state index in [9.17, 15) is 4.39 Å². The van der Waals surface area contributed by atoms with Gasteiger partial charge in [0.25, 0.3) is 0 Å². The molecule has 1 saturated heterocycles. The average molecular weight is 363 g/mol. The summed E-state index contributed by atoms with van der Waals surface area (Å²) in [6.07, 6.45) is 10.4. The van der Waals surface area contributed by atoms with E-state index in [4.69, 9.17) is 4.84 Å². The molecule has 1 fully saturated rings. The molecule has 1 aliphatic heterocycles. The highest BCUT2D eigenvalue weighted by Crippen LogP contribution is 2.41. The van der Waals surface area contributed by atoms with Crippen molar-refractivity contribution in [3.63, 3.8) is 0 Å². The van der Waals surface area contributed by atoms with Crippen LogP contribution in [-0.2, 0) is 16.9 Å². The molecule has 0 amide bonds. The molecule has 0 N–H and O–H groups in total. The van der Waals surface area contributed by atoms with E-state index in [1.54, 1.807) is 12.5 Å². The van der Waals surface area contributed by atoms with Crippen LogP contribution in [0, 0.1) is 5.82 Å². The van der Waals surface area contributed by atoms with E-state index in [1.807, 2.05) is 53.2 Å². The summed E-state index contributed by atoms with van der Waals surface area (Å²) in [5, 5.41) is 1.90. The standard InChI is InChI=1S/C22H22FN3O/c1-25-22(16-26-14-13-24-17-26,19-8-10-20(23)11-9-19)15-21(27-25)12-7-18-5-3-2-4-6-18/h2-14,17,21H,15-16H2,1H3. The van der Waals surface area contributed by atoms with Crippen LogP contribution in [0.3, 0.4) is 0 Å². The van der Waals surface area contributed by atoms with Crippen LogP contribution in [0.4, 0.5) is 4.39 Å². The molecule has 2 aromatic carbocycles. The molecular weight excluding hydrogens is 341 g/mol. The first-order chi connectivity index (χ1) is 13.2. The highest BCUT2D eigenvalue weighted by Gasteiger charge is 2.46. The molecule has 4 rings (SSSR count). The third kappa shape index (κ3) is 3.70. The minimum atomic E-state index is -0.403. The third-order valence-corrected chi connectivity index (χ3v) is 5.12. The van der Waals surface area contributed by atoms with E-state index in [-0.39, 0.29) is 11.9 Å². The van der Waals surface area contributed by atoms with Crippen LogP contribution in [-0.4, -0.2) is 27.8 Å². The summed E-state index contributed by atoms with van der Waals surface area (Å²) in [6, 6.07) is 16.9. The lowest BCUT2D eigenvalue weighted by Crippen LogP contribution is -2.41. The summed E-state index contributed by atoms with van der Waals surface area (Å²) in [6.45, 7) is 0.671. The van der Waals surface area contributed by atoms with Crippen molar-refractivity contribution in [1.82, 2.24) is 14.6 Å². The van der Waals surface area contributed by atoms with Gasteiger partial charge in [-0.15, -0.1) is 0 Å². The highest BCUT2D eigenvalue weighted by molar-refractivity contribution is 5.49. The van der Waals surface area contributed by atoms with Gasteiger partial charge in [0.1, 0.15) is 5.82 Å². The molecule has 0 saturated carbocycles. The maximum absolute atomic E-state index is 13.5. The second-order valence-electron chi connectivity index (χ2n) is 6.89. The number of hydroxylamine groups is 2. The second kappa shape index (κ2) is 7.47. The Morgan fingerprint density at radius 1 is 1.19 bits per heavy atom. The predicted octanol–water partition coefficient (Wildman–Crippen LogP) is 4.27. The Hall–Kier alpha value is -2.76. The van der Waals surface area contributed by atoms with E-state index in [1.165, 1.54) is 12.1 Å². The van der Waals surface area contributed by atoms with Gasteiger partial charge in [-0.05, 0) is 23.3 Å².